The van der Waals surface area contributed by atoms with Gasteiger partial charge < -0.3 is 10.1 Å². The van der Waals surface area contributed by atoms with E-state index in [2.05, 4.69) is 25.7 Å². The van der Waals surface area contributed by atoms with Crippen LogP contribution in [0.1, 0.15) is 25.7 Å². The summed E-state index contributed by atoms with van der Waals surface area (Å²) in [6.07, 6.45) is 4.94. The average molecular weight is 416 g/mol. The van der Waals surface area contributed by atoms with E-state index in [9.17, 15) is 4.79 Å². The highest BCUT2D eigenvalue weighted by Gasteiger charge is 2.48. The summed E-state index contributed by atoms with van der Waals surface area (Å²) in [5, 5.41) is 20.0. The number of amides is 1. The van der Waals surface area contributed by atoms with Gasteiger partial charge in [-0.2, -0.15) is 5.10 Å². The van der Waals surface area contributed by atoms with Crippen molar-refractivity contribution in [2.75, 3.05) is 23.3 Å². The van der Waals surface area contributed by atoms with Gasteiger partial charge in [-0.05, 0) is 55.9 Å². The molecule has 1 aliphatic carbocycles. The predicted octanol–water partition coefficient (Wildman–Crippen LogP) is 3.93. The molecular formula is C23H24N6O2. The largest absolute Gasteiger partial charge is 0.441 e. The molecule has 3 aromatic rings. The van der Waals surface area contributed by atoms with Crippen LogP contribution in [0.4, 0.5) is 16.4 Å². The third-order valence-corrected chi connectivity index (χ3v) is 6.13. The monoisotopic (exact) mass is 416 g/mol. The van der Waals surface area contributed by atoms with Gasteiger partial charge in [0.2, 0.25) is 0 Å². The van der Waals surface area contributed by atoms with Crippen LogP contribution in [0, 0.1) is 5.92 Å². The Morgan fingerprint density at radius 2 is 1.84 bits per heavy atom. The fourth-order valence-electron chi connectivity index (χ4n) is 4.34. The Kier molecular flexibility index (Phi) is 5.19. The fraction of sp³-hybridized carbons (Fsp3) is 0.348. The summed E-state index contributed by atoms with van der Waals surface area (Å²) in [6.45, 7) is 1.37. The van der Waals surface area contributed by atoms with Crippen LogP contribution >= 0.6 is 0 Å². The molecule has 2 aliphatic rings. The molecule has 158 valence electrons. The zero-order valence-electron chi connectivity index (χ0n) is 17.1. The Labute approximate surface area is 180 Å². The van der Waals surface area contributed by atoms with E-state index >= 15 is 0 Å². The maximum Gasteiger partial charge on any atom is 0.416 e. The lowest BCUT2D eigenvalue weighted by molar-refractivity contribution is 0.0148. The molecule has 1 N–H and O–H groups in total. The van der Waals surface area contributed by atoms with Crippen LogP contribution in [-0.4, -0.2) is 45.2 Å². The summed E-state index contributed by atoms with van der Waals surface area (Å²) < 4.78 is 5.80. The van der Waals surface area contributed by atoms with Gasteiger partial charge in [0.25, 0.3) is 0 Å². The van der Waals surface area contributed by atoms with Gasteiger partial charge in [0.05, 0.1) is 12.2 Å². The Balaban J connectivity index is 1.14. The molecule has 31 heavy (non-hydrogen) atoms. The van der Waals surface area contributed by atoms with Crippen molar-refractivity contribution >= 4 is 17.7 Å². The Hall–Kier alpha value is -3.55. The topological polar surface area (TPSA) is 93.1 Å². The first kappa shape index (κ1) is 19.4. The number of nitrogens with one attached hydrogen (secondary N) is 1. The highest BCUT2D eigenvalue weighted by atomic mass is 16.6. The number of nitrogens with zero attached hydrogens (tertiary/aromatic N) is 5. The van der Waals surface area contributed by atoms with Crippen LogP contribution in [0.25, 0.3) is 11.3 Å². The van der Waals surface area contributed by atoms with Crippen molar-refractivity contribution in [3.8, 4) is 11.3 Å². The van der Waals surface area contributed by atoms with E-state index < -0.39 is 5.60 Å². The summed E-state index contributed by atoms with van der Waals surface area (Å²) in [6, 6.07) is 17.5. The molecule has 2 fully saturated rings. The van der Waals surface area contributed by atoms with E-state index in [-0.39, 0.29) is 6.09 Å². The highest BCUT2D eigenvalue weighted by Crippen LogP contribution is 2.40. The minimum Gasteiger partial charge on any atom is -0.441 e. The number of carbonyl (C=O) groups excluding carboxylic acids is 1. The fourth-order valence-corrected chi connectivity index (χ4v) is 4.34. The zero-order chi connectivity index (χ0) is 21.1. The molecule has 1 aliphatic heterocycles. The lowest BCUT2D eigenvalue weighted by Gasteiger charge is -2.35. The molecule has 5 rings (SSSR count). The van der Waals surface area contributed by atoms with E-state index in [1.54, 1.807) is 23.2 Å². The molecule has 3 heterocycles. The Bertz CT molecular complexity index is 1020. The number of anilines is 2. The van der Waals surface area contributed by atoms with Gasteiger partial charge in [0.1, 0.15) is 11.4 Å². The lowest BCUT2D eigenvalue weighted by atomic mass is 9.78. The van der Waals surface area contributed by atoms with Crippen molar-refractivity contribution in [3.63, 3.8) is 0 Å². The molecule has 0 radical (unpaired) electrons. The quantitative estimate of drug-likeness (QED) is 0.673. The van der Waals surface area contributed by atoms with Crippen molar-refractivity contribution in [3.05, 3.63) is 60.8 Å². The molecule has 8 heteroatoms. The van der Waals surface area contributed by atoms with Crippen molar-refractivity contribution in [2.45, 2.75) is 31.3 Å². The summed E-state index contributed by atoms with van der Waals surface area (Å²) in [4.78, 5) is 14.0. The first-order chi connectivity index (χ1) is 15.2. The molecule has 2 aromatic heterocycles. The van der Waals surface area contributed by atoms with Crippen LogP contribution in [0.5, 0.6) is 0 Å². The van der Waals surface area contributed by atoms with Crippen molar-refractivity contribution in [2.24, 2.45) is 5.92 Å². The normalized spacial score (nSPS) is 23.0. The van der Waals surface area contributed by atoms with Gasteiger partial charge in [0, 0.05) is 18.3 Å². The zero-order valence-corrected chi connectivity index (χ0v) is 17.1. The summed E-state index contributed by atoms with van der Waals surface area (Å²) >= 11 is 0. The number of ether oxygens (including phenoxy) is 1. The molecule has 1 saturated heterocycles. The number of benzene rings is 1. The van der Waals surface area contributed by atoms with E-state index in [1.807, 2.05) is 42.5 Å². The van der Waals surface area contributed by atoms with Crippen molar-refractivity contribution in [1.82, 2.24) is 20.4 Å². The third-order valence-electron chi connectivity index (χ3n) is 6.13. The van der Waals surface area contributed by atoms with Gasteiger partial charge >= 0.3 is 6.09 Å². The van der Waals surface area contributed by atoms with Crippen LogP contribution in [0.3, 0.4) is 0 Å². The first-order valence-electron chi connectivity index (χ1n) is 10.6. The van der Waals surface area contributed by atoms with Gasteiger partial charge in [0.15, 0.2) is 5.82 Å². The molecule has 0 unspecified atom stereocenters. The Morgan fingerprint density at radius 3 is 2.55 bits per heavy atom. The molecule has 0 bridgehead atoms. The van der Waals surface area contributed by atoms with E-state index in [1.165, 1.54) is 0 Å². The van der Waals surface area contributed by atoms with Gasteiger partial charge in [-0.1, -0.05) is 30.3 Å². The minimum absolute atomic E-state index is 0.328. The number of hydrogen-bond donors (Lipinski definition) is 1. The number of rotatable bonds is 5. The first-order valence-corrected chi connectivity index (χ1v) is 10.6. The molecule has 1 spiro atoms. The second-order valence-electron chi connectivity index (χ2n) is 8.21. The predicted molar refractivity (Wildman–Crippen MR) is 117 cm³/mol. The second kappa shape index (κ2) is 8.29. The second-order valence-corrected chi connectivity index (χ2v) is 8.21. The van der Waals surface area contributed by atoms with Crippen LogP contribution in [0.2, 0.25) is 0 Å². The minimum atomic E-state index is -0.414. The van der Waals surface area contributed by atoms with Crippen LogP contribution in [-0.2, 0) is 4.74 Å². The maximum atomic E-state index is 12.4. The van der Waals surface area contributed by atoms with Gasteiger partial charge in [-0.25, -0.2) is 4.79 Å². The highest BCUT2D eigenvalue weighted by molar-refractivity contribution is 5.89. The van der Waals surface area contributed by atoms with E-state index in [0.29, 0.717) is 18.3 Å². The molecular weight excluding hydrogens is 392 g/mol. The maximum absolute atomic E-state index is 12.4. The lowest BCUT2D eigenvalue weighted by Crippen LogP contribution is -2.39. The number of carbonyl (C=O) groups is 1. The molecule has 8 nitrogen and oxygen atoms in total. The van der Waals surface area contributed by atoms with Gasteiger partial charge in [-0.3, -0.25) is 4.90 Å². The molecule has 0 atom stereocenters. The van der Waals surface area contributed by atoms with E-state index in [0.717, 1.165) is 49.3 Å². The third kappa shape index (κ3) is 4.19. The summed E-state index contributed by atoms with van der Waals surface area (Å²) in [7, 11) is 0. The van der Waals surface area contributed by atoms with Gasteiger partial charge in [-0.15, -0.1) is 15.3 Å². The SMILES string of the molecule is O=C1O[C@]2(CC[C@H](CNc3ccc(-c4ccccc4)nn3)CC2)CN1c1cccnn1. The molecule has 1 saturated carbocycles. The summed E-state index contributed by atoms with van der Waals surface area (Å²) in [5.41, 5.74) is 1.50. The standard InChI is InChI=1S/C23H24N6O2/c30-22-29(21-7-4-14-25-28-21)16-23(31-22)12-10-17(11-13-23)15-24-20-9-8-19(26-27-20)18-5-2-1-3-6-18/h1-9,14,17H,10-13,15-16H2,(H,24,27)/t17-,23-. The smallest absolute Gasteiger partial charge is 0.416 e. The van der Waals surface area contributed by atoms with E-state index in [4.69, 9.17) is 4.74 Å². The van der Waals surface area contributed by atoms with Crippen LogP contribution < -0.4 is 10.2 Å². The number of aromatic nitrogens is 4. The average Bonchev–Trinajstić information content (AvgIpc) is 3.16. The summed E-state index contributed by atoms with van der Waals surface area (Å²) in [5.74, 6) is 1.83. The van der Waals surface area contributed by atoms with Crippen molar-refractivity contribution < 1.29 is 9.53 Å². The number of hydrogen-bond acceptors (Lipinski definition) is 7. The Morgan fingerprint density at radius 1 is 1.00 bits per heavy atom. The van der Waals surface area contributed by atoms with Crippen LogP contribution in [0.15, 0.2) is 60.8 Å². The molecule has 1 amide bonds. The van der Waals surface area contributed by atoms with Crippen molar-refractivity contribution in [1.29, 1.82) is 0 Å². The molecule has 1 aromatic carbocycles.